The van der Waals surface area contributed by atoms with Crippen LogP contribution >= 0.6 is 0 Å². The van der Waals surface area contributed by atoms with Gasteiger partial charge >= 0.3 is 0 Å². The molecule has 1 aromatic carbocycles. The number of carbonyl (C=O) groups excluding carboxylic acids is 1. The van der Waals surface area contributed by atoms with Crippen LogP contribution < -0.4 is 5.32 Å². The standard InChI is InChI=1S/C17H27N3O3S/c1-3-4-11-20(14-17(21)19-12-9-18-10-13-19)24(22,23)16-8-6-5-7-15(16)2/h5-8,18H,3-4,9-14H2,1-2H3. The Bertz CT molecular complexity index is 655. The van der Waals surface area contributed by atoms with Gasteiger partial charge in [-0.2, -0.15) is 4.31 Å². The van der Waals surface area contributed by atoms with Crippen LogP contribution in [0.4, 0.5) is 0 Å². The van der Waals surface area contributed by atoms with E-state index in [9.17, 15) is 13.2 Å². The lowest BCUT2D eigenvalue weighted by Crippen LogP contribution is -2.50. The predicted octanol–water partition coefficient (Wildman–Crippen LogP) is 1.22. The van der Waals surface area contributed by atoms with Gasteiger partial charge in [-0.05, 0) is 25.0 Å². The van der Waals surface area contributed by atoms with Crippen molar-refractivity contribution in [3.63, 3.8) is 0 Å². The van der Waals surface area contributed by atoms with Crippen molar-refractivity contribution in [1.82, 2.24) is 14.5 Å². The number of rotatable bonds is 7. The minimum Gasteiger partial charge on any atom is -0.339 e. The van der Waals surface area contributed by atoms with E-state index in [1.807, 2.05) is 13.0 Å². The second-order valence-corrected chi connectivity index (χ2v) is 7.99. The Balaban J connectivity index is 2.20. The molecular weight excluding hydrogens is 326 g/mol. The second kappa shape index (κ2) is 8.60. The highest BCUT2D eigenvalue weighted by molar-refractivity contribution is 7.89. The summed E-state index contributed by atoms with van der Waals surface area (Å²) in [4.78, 5) is 14.6. The lowest BCUT2D eigenvalue weighted by atomic mass is 10.2. The van der Waals surface area contributed by atoms with E-state index in [0.29, 0.717) is 25.2 Å². The maximum Gasteiger partial charge on any atom is 0.243 e. The first-order valence-corrected chi connectivity index (χ1v) is 9.95. The fourth-order valence-electron chi connectivity index (χ4n) is 2.77. The first-order valence-electron chi connectivity index (χ1n) is 8.51. The number of aryl methyl sites for hydroxylation is 1. The molecule has 6 nitrogen and oxygen atoms in total. The van der Waals surface area contributed by atoms with Crippen LogP contribution in [0.3, 0.4) is 0 Å². The van der Waals surface area contributed by atoms with E-state index in [1.165, 1.54) is 4.31 Å². The van der Waals surface area contributed by atoms with Crippen molar-refractivity contribution in [2.24, 2.45) is 0 Å². The monoisotopic (exact) mass is 353 g/mol. The topological polar surface area (TPSA) is 69.7 Å². The normalized spacial score (nSPS) is 15.7. The average Bonchev–Trinajstić information content (AvgIpc) is 2.59. The number of amides is 1. The number of hydrogen-bond acceptors (Lipinski definition) is 4. The molecule has 1 N–H and O–H groups in total. The number of hydrogen-bond donors (Lipinski definition) is 1. The highest BCUT2D eigenvalue weighted by Gasteiger charge is 2.29. The minimum absolute atomic E-state index is 0.0866. The van der Waals surface area contributed by atoms with E-state index in [-0.39, 0.29) is 17.3 Å². The number of unbranched alkanes of at least 4 members (excludes halogenated alkanes) is 1. The summed E-state index contributed by atoms with van der Waals surface area (Å²) in [6, 6.07) is 6.93. The van der Waals surface area contributed by atoms with Crippen molar-refractivity contribution < 1.29 is 13.2 Å². The number of benzene rings is 1. The summed E-state index contributed by atoms with van der Waals surface area (Å²) >= 11 is 0. The summed E-state index contributed by atoms with van der Waals surface area (Å²) < 4.78 is 27.4. The number of sulfonamides is 1. The molecule has 2 rings (SSSR count). The van der Waals surface area contributed by atoms with Crippen LogP contribution in [-0.4, -0.2) is 62.8 Å². The lowest BCUT2D eigenvalue weighted by molar-refractivity contribution is -0.131. The molecule has 1 heterocycles. The Morgan fingerprint density at radius 2 is 1.92 bits per heavy atom. The van der Waals surface area contributed by atoms with Crippen molar-refractivity contribution in [1.29, 1.82) is 0 Å². The molecule has 1 aromatic rings. The summed E-state index contributed by atoms with van der Waals surface area (Å²) in [5, 5.41) is 3.20. The molecule has 0 atom stereocenters. The Morgan fingerprint density at radius 3 is 2.54 bits per heavy atom. The van der Waals surface area contributed by atoms with Crippen LogP contribution in [0.15, 0.2) is 29.2 Å². The molecule has 0 radical (unpaired) electrons. The van der Waals surface area contributed by atoms with E-state index < -0.39 is 10.0 Å². The molecule has 0 aromatic heterocycles. The molecule has 1 saturated heterocycles. The molecule has 0 spiro atoms. The first kappa shape index (κ1) is 18.9. The molecule has 24 heavy (non-hydrogen) atoms. The van der Waals surface area contributed by atoms with Crippen LogP contribution in [-0.2, 0) is 14.8 Å². The third kappa shape index (κ3) is 4.55. The highest BCUT2D eigenvalue weighted by atomic mass is 32.2. The summed E-state index contributed by atoms with van der Waals surface area (Å²) in [5.74, 6) is -0.121. The van der Waals surface area contributed by atoms with E-state index in [2.05, 4.69) is 5.32 Å². The molecule has 134 valence electrons. The van der Waals surface area contributed by atoms with Gasteiger partial charge in [-0.3, -0.25) is 4.79 Å². The van der Waals surface area contributed by atoms with Gasteiger partial charge in [0.2, 0.25) is 15.9 Å². The van der Waals surface area contributed by atoms with Crippen LogP contribution in [0, 0.1) is 6.92 Å². The molecule has 1 fully saturated rings. The summed E-state index contributed by atoms with van der Waals surface area (Å²) in [6.07, 6.45) is 1.61. The molecular formula is C17H27N3O3S. The summed E-state index contributed by atoms with van der Waals surface area (Å²) in [7, 11) is -3.67. The quantitative estimate of drug-likeness (QED) is 0.800. The van der Waals surface area contributed by atoms with E-state index in [4.69, 9.17) is 0 Å². The number of piperazine rings is 1. The zero-order valence-corrected chi connectivity index (χ0v) is 15.3. The Labute approximate surface area is 144 Å². The van der Waals surface area contributed by atoms with Gasteiger partial charge in [0.15, 0.2) is 0 Å². The largest absolute Gasteiger partial charge is 0.339 e. The van der Waals surface area contributed by atoms with Crippen LogP contribution in [0.2, 0.25) is 0 Å². The zero-order chi connectivity index (χ0) is 17.6. The SMILES string of the molecule is CCCCN(CC(=O)N1CCNCC1)S(=O)(=O)c1ccccc1C. The van der Waals surface area contributed by atoms with E-state index >= 15 is 0 Å². The predicted molar refractivity (Wildman–Crippen MR) is 94.3 cm³/mol. The molecule has 7 heteroatoms. The third-order valence-corrected chi connectivity index (χ3v) is 6.26. The van der Waals surface area contributed by atoms with E-state index in [1.54, 1.807) is 30.0 Å². The number of nitrogens with zero attached hydrogens (tertiary/aromatic N) is 2. The average molecular weight is 353 g/mol. The molecule has 0 saturated carbocycles. The fraction of sp³-hybridized carbons (Fsp3) is 0.588. The van der Waals surface area contributed by atoms with Crippen LogP contribution in [0.25, 0.3) is 0 Å². The van der Waals surface area contributed by atoms with Crippen molar-refractivity contribution >= 4 is 15.9 Å². The van der Waals surface area contributed by atoms with Crippen LogP contribution in [0.1, 0.15) is 25.3 Å². The van der Waals surface area contributed by atoms with Gasteiger partial charge in [0, 0.05) is 32.7 Å². The molecule has 1 amide bonds. The fourth-order valence-corrected chi connectivity index (χ4v) is 4.42. The van der Waals surface area contributed by atoms with Gasteiger partial charge < -0.3 is 10.2 Å². The maximum atomic E-state index is 13.0. The van der Waals surface area contributed by atoms with Crippen LogP contribution in [0.5, 0.6) is 0 Å². The molecule has 1 aliphatic rings. The Kier molecular flexibility index (Phi) is 6.77. The van der Waals surface area contributed by atoms with Gasteiger partial charge in [-0.25, -0.2) is 8.42 Å². The van der Waals surface area contributed by atoms with Gasteiger partial charge in [0.1, 0.15) is 0 Å². The Hall–Kier alpha value is -1.44. The van der Waals surface area contributed by atoms with Crippen molar-refractivity contribution in [3.8, 4) is 0 Å². The summed E-state index contributed by atoms with van der Waals surface area (Å²) in [6.45, 7) is 6.84. The van der Waals surface area contributed by atoms with Crippen molar-refractivity contribution in [2.75, 3.05) is 39.3 Å². The van der Waals surface area contributed by atoms with Gasteiger partial charge in [0.25, 0.3) is 0 Å². The summed E-state index contributed by atoms with van der Waals surface area (Å²) in [5.41, 5.74) is 0.702. The van der Waals surface area contributed by atoms with Gasteiger partial charge in [0.05, 0.1) is 11.4 Å². The first-order chi connectivity index (χ1) is 11.5. The zero-order valence-electron chi connectivity index (χ0n) is 14.5. The highest BCUT2D eigenvalue weighted by Crippen LogP contribution is 2.20. The second-order valence-electron chi connectivity index (χ2n) is 6.09. The molecule has 1 aliphatic heterocycles. The molecule has 0 unspecified atom stereocenters. The smallest absolute Gasteiger partial charge is 0.243 e. The van der Waals surface area contributed by atoms with E-state index in [0.717, 1.165) is 25.9 Å². The molecule has 0 aliphatic carbocycles. The lowest BCUT2D eigenvalue weighted by Gasteiger charge is -2.30. The van der Waals surface area contributed by atoms with Gasteiger partial charge in [-0.15, -0.1) is 0 Å². The van der Waals surface area contributed by atoms with Gasteiger partial charge in [-0.1, -0.05) is 31.5 Å². The Morgan fingerprint density at radius 1 is 1.25 bits per heavy atom. The van der Waals surface area contributed by atoms with Crippen molar-refractivity contribution in [3.05, 3.63) is 29.8 Å². The third-order valence-electron chi connectivity index (χ3n) is 4.25. The number of carbonyl (C=O) groups is 1. The number of nitrogens with one attached hydrogen (secondary N) is 1. The molecule has 0 bridgehead atoms. The van der Waals surface area contributed by atoms with Crippen molar-refractivity contribution in [2.45, 2.75) is 31.6 Å². The maximum absolute atomic E-state index is 13.0. The minimum atomic E-state index is -3.67.